The first-order chi connectivity index (χ1) is 29.1. The molecule has 0 aliphatic heterocycles. The van der Waals surface area contributed by atoms with Crippen LogP contribution in [0.15, 0.2) is 85.1 Å². The minimum atomic E-state index is -4.54. The Hall–Kier alpha value is -2.32. The fourth-order valence-corrected chi connectivity index (χ4v) is 6.74. The summed E-state index contributed by atoms with van der Waals surface area (Å²) in [6.07, 6.45) is 57.5. The van der Waals surface area contributed by atoms with Crippen LogP contribution in [0.3, 0.4) is 0 Å². The molecule has 0 N–H and O–H groups in total. The van der Waals surface area contributed by atoms with E-state index in [1.54, 1.807) is 0 Å². The molecule has 0 heterocycles. The quantitative estimate of drug-likeness (QED) is 0.0198. The van der Waals surface area contributed by atoms with Crippen LogP contribution in [0.2, 0.25) is 0 Å². The fourth-order valence-electron chi connectivity index (χ4n) is 6.01. The summed E-state index contributed by atoms with van der Waals surface area (Å²) in [5.74, 6) is -0.352. The highest BCUT2D eigenvalue weighted by molar-refractivity contribution is 7.45. The number of carbonyl (C=O) groups is 1. The Bertz CT molecular complexity index is 1230. The Morgan fingerprint density at radius 2 is 0.967 bits per heavy atom. The monoisotopic (exact) mass is 860 g/mol. The molecule has 0 aromatic heterocycles. The third-order valence-electron chi connectivity index (χ3n) is 9.68. The second-order valence-electron chi connectivity index (χ2n) is 16.7. The molecule has 346 valence electrons. The summed E-state index contributed by atoms with van der Waals surface area (Å²) in [7, 11) is 1.33. The first-order valence-corrected chi connectivity index (χ1v) is 25.3. The molecule has 0 spiro atoms. The molecule has 0 saturated carbocycles. The van der Waals surface area contributed by atoms with Crippen molar-refractivity contribution in [2.24, 2.45) is 0 Å². The highest BCUT2D eigenvalue weighted by atomic mass is 31.2. The van der Waals surface area contributed by atoms with Crippen LogP contribution in [0, 0.1) is 0 Å². The molecule has 0 rings (SSSR count). The van der Waals surface area contributed by atoms with Gasteiger partial charge in [-0.05, 0) is 89.9 Å². The molecular formula is C51H90NO7P. The number of quaternary nitrogens is 1. The number of allylic oxidation sites excluding steroid dienone is 14. The topological polar surface area (TPSA) is 94.1 Å². The number of likely N-dealkylation sites (N-methyl/N-ethyl adjacent to an activating group) is 1. The lowest BCUT2D eigenvalue weighted by atomic mass is 10.1. The number of rotatable bonds is 43. The first kappa shape index (κ1) is 57.7. The molecule has 60 heavy (non-hydrogen) atoms. The number of hydrogen-bond acceptors (Lipinski definition) is 7. The lowest BCUT2D eigenvalue weighted by molar-refractivity contribution is -0.870. The summed E-state index contributed by atoms with van der Waals surface area (Å²) < 4.78 is 34.6. The standard InChI is InChI=1S/C51H90NO7P/c1-6-8-10-12-14-16-18-20-21-22-23-24-25-26-27-28-29-30-31-32-33-35-37-39-41-43-46-56-48-50(49-58-60(54,55)57-47-45-52(3,4)5)59-51(53)44-42-40-38-36-34-19-17-15-13-11-9-7-2/h8,10,14-17,20-21,23-24,26-27,29-30,50H,6-7,9,11-13,18-19,22,25,28,31-49H2,1-5H3/b10-8-,16-14-,17-15-,21-20-,24-23-,27-26-,30-29-. The Balaban J connectivity index is 4.17. The van der Waals surface area contributed by atoms with Gasteiger partial charge in [0, 0.05) is 13.0 Å². The van der Waals surface area contributed by atoms with Crippen LogP contribution in [-0.2, 0) is 27.9 Å². The maximum atomic E-state index is 12.7. The van der Waals surface area contributed by atoms with E-state index in [0.29, 0.717) is 24.1 Å². The Morgan fingerprint density at radius 1 is 0.533 bits per heavy atom. The van der Waals surface area contributed by atoms with E-state index in [4.69, 9.17) is 18.5 Å². The zero-order valence-corrected chi connectivity index (χ0v) is 40.0. The van der Waals surface area contributed by atoms with Crippen LogP contribution in [0.5, 0.6) is 0 Å². The van der Waals surface area contributed by atoms with Crippen LogP contribution < -0.4 is 4.89 Å². The van der Waals surface area contributed by atoms with Crippen LogP contribution >= 0.6 is 7.82 Å². The van der Waals surface area contributed by atoms with E-state index in [2.05, 4.69) is 98.9 Å². The van der Waals surface area contributed by atoms with E-state index < -0.39 is 13.9 Å². The van der Waals surface area contributed by atoms with E-state index in [-0.39, 0.29) is 25.8 Å². The van der Waals surface area contributed by atoms with Crippen LogP contribution in [-0.4, -0.2) is 70.7 Å². The maximum absolute atomic E-state index is 12.7. The number of esters is 1. The van der Waals surface area contributed by atoms with Gasteiger partial charge in [-0.2, -0.15) is 0 Å². The van der Waals surface area contributed by atoms with Crippen molar-refractivity contribution in [3.05, 3.63) is 85.1 Å². The predicted molar refractivity (Wildman–Crippen MR) is 254 cm³/mol. The molecule has 0 saturated heterocycles. The largest absolute Gasteiger partial charge is 0.756 e. The van der Waals surface area contributed by atoms with Crippen molar-refractivity contribution >= 4 is 13.8 Å². The Morgan fingerprint density at radius 3 is 1.47 bits per heavy atom. The average Bonchev–Trinajstić information content (AvgIpc) is 3.20. The molecule has 8 nitrogen and oxygen atoms in total. The molecule has 0 aromatic carbocycles. The summed E-state index contributed by atoms with van der Waals surface area (Å²) >= 11 is 0. The molecule has 0 aromatic rings. The summed E-state index contributed by atoms with van der Waals surface area (Å²) in [6.45, 7) is 5.21. The summed E-state index contributed by atoms with van der Waals surface area (Å²) in [5, 5.41) is 0. The number of carbonyl (C=O) groups excluding carboxylic acids is 1. The maximum Gasteiger partial charge on any atom is 0.306 e. The smallest absolute Gasteiger partial charge is 0.306 e. The Kier molecular flexibility index (Phi) is 41.7. The van der Waals surface area contributed by atoms with Crippen molar-refractivity contribution in [3.8, 4) is 0 Å². The molecule has 0 aliphatic carbocycles. The summed E-state index contributed by atoms with van der Waals surface area (Å²) in [4.78, 5) is 25.1. The lowest BCUT2D eigenvalue weighted by Gasteiger charge is -2.28. The third kappa shape index (κ3) is 46.7. The number of hydrogen-bond donors (Lipinski definition) is 0. The van der Waals surface area contributed by atoms with Gasteiger partial charge in [0.25, 0.3) is 7.82 Å². The van der Waals surface area contributed by atoms with Gasteiger partial charge in [-0.15, -0.1) is 0 Å². The zero-order chi connectivity index (χ0) is 44.1. The average molecular weight is 860 g/mol. The molecule has 0 fully saturated rings. The van der Waals surface area contributed by atoms with Gasteiger partial charge >= 0.3 is 5.97 Å². The molecule has 0 aliphatic rings. The fraction of sp³-hybridized carbons (Fsp3) is 0.706. The van der Waals surface area contributed by atoms with Gasteiger partial charge in [-0.3, -0.25) is 9.36 Å². The van der Waals surface area contributed by atoms with Crippen LogP contribution in [0.1, 0.15) is 174 Å². The van der Waals surface area contributed by atoms with Crippen molar-refractivity contribution in [2.75, 3.05) is 54.1 Å². The minimum Gasteiger partial charge on any atom is -0.756 e. The number of ether oxygens (including phenoxy) is 2. The molecule has 9 heteroatoms. The van der Waals surface area contributed by atoms with Crippen LogP contribution in [0.4, 0.5) is 0 Å². The van der Waals surface area contributed by atoms with E-state index in [1.807, 2.05) is 21.1 Å². The SMILES string of the molecule is CC/C=C\C/C=C\C/C=C\C/C=C\C/C=C\C/C=C\CCCCCCCCCOCC(COP(=O)([O-])OCC[N+](C)(C)C)OC(=O)CCCCCCC/C=C\CCCCC. The second-order valence-corrected chi connectivity index (χ2v) is 18.1. The highest BCUT2D eigenvalue weighted by Gasteiger charge is 2.20. The van der Waals surface area contributed by atoms with Crippen LogP contribution in [0.25, 0.3) is 0 Å². The molecule has 0 bridgehead atoms. The van der Waals surface area contributed by atoms with Crippen molar-refractivity contribution in [1.82, 2.24) is 0 Å². The number of nitrogens with zero attached hydrogens (tertiary/aromatic N) is 1. The highest BCUT2D eigenvalue weighted by Crippen LogP contribution is 2.38. The molecule has 0 radical (unpaired) electrons. The number of phosphoric ester groups is 1. The lowest BCUT2D eigenvalue weighted by Crippen LogP contribution is -2.37. The van der Waals surface area contributed by atoms with E-state index in [9.17, 15) is 14.3 Å². The number of unbranched alkanes of at least 4 members (excludes halogenated alkanes) is 15. The van der Waals surface area contributed by atoms with Gasteiger partial charge in [-0.1, -0.05) is 163 Å². The van der Waals surface area contributed by atoms with Crippen molar-refractivity contribution in [2.45, 2.75) is 180 Å². The van der Waals surface area contributed by atoms with E-state index in [0.717, 1.165) is 96.3 Å². The van der Waals surface area contributed by atoms with E-state index >= 15 is 0 Å². The minimum absolute atomic E-state index is 0.0178. The van der Waals surface area contributed by atoms with Gasteiger partial charge in [0.15, 0.2) is 0 Å². The Labute approximate surface area is 369 Å². The molecule has 2 unspecified atom stereocenters. The first-order valence-electron chi connectivity index (χ1n) is 23.8. The second kappa shape index (κ2) is 43.3. The van der Waals surface area contributed by atoms with Gasteiger partial charge in [0.05, 0.1) is 34.4 Å². The van der Waals surface area contributed by atoms with Gasteiger partial charge in [-0.25, -0.2) is 0 Å². The van der Waals surface area contributed by atoms with Crippen molar-refractivity contribution < 1.29 is 37.3 Å². The molecular weight excluding hydrogens is 770 g/mol. The zero-order valence-electron chi connectivity index (χ0n) is 39.1. The molecule has 2 atom stereocenters. The predicted octanol–water partition coefficient (Wildman–Crippen LogP) is 13.8. The van der Waals surface area contributed by atoms with Crippen molar-refractivity contribution in [3.63, 3.8) is 0 Å². The van der Waals surface area contributed by atoms with Crippen molar-refractivity contribution in [1.29, 1.82) is 0 Å². The summed E-state index contributed by atoms with van der Waals surface area (Å²) in [6, 6.07) is 0. The van der Waals surface area contributed by atoms with Gasteiger partial charge < -0.3 is 27.9 Å². The normalized spacial score (nSPS) is 14.4. The van der Waals surface area contributed by atoms with Gasteiger partial charge in [0.1, 0.15) is 19.3 Å². The number of phosphoric acid groups is 1. The summed E-state index contributed by atoms with van der Waals surface area (Å²) in [5.41, 5.74) is 0. The van der Waals surface area contributed by atoms with E-state index in [1.165, 1.54) is 57.8 Å². The third-order valence-corrected chi connectivity index (χ3v) is 10.6. The van der Waals surface area contributed by atoms with Gasteiger partial charge in [0.2, 0.25) is 0 Å². The molecule has 0 amide bonds.